The zero-order chi connectivity index (χ0) is 16.2. The van der Waals surface area contributed by atoms with Gasteiger partial charge in [0.15, 0.2) is 0 Å². The maximum atomic E-state index is 12.9. The molecule has 0 fully saturated rings. The van der Waals surface area contributed by atoms with Crippen LogP contribution in [0.25, 0.3) is 0 Å². The van der Waals surface area contributed by atoms with Crippen molar-refractivity contribution in [1.82, 2.24) is 4.90 Å². The number of rotatable bonds is 5. The molecule has 1 N–H and O–H groups in total. The Morgan fingerprint density at radius 2 is 1.95 bits per heavy atom. The molecule has 1 rings (SSSR count). The number of carbonyl (C=O) groups is 1. The number of alkyl halides is 5. The summed E-state index contributed by atoms with van der Waals surface area (Å²) in [6, 6.07) is 2.97. The standard InChI is InChI=1S/C13H15F5N2O/c1-3-19-10-5-4-8(6-9(10)13(16,17)18)12(21)20(2)7-11(14)15/h4-6,11,19H,3,7H2,1-2H3. The first kappa shape index (κ1) is 17.2. The van der Waals surface area contributed by atoms with Crippen molar-refractivity contribution in [3.05, 3.63) is 29.3 Å². The lowest BCUT2D eigenvalue weighted by Crippen LogP contribution is -2.31. The molecule has 0 radical (unpaired) electrons. The monoisotopic (exact) mass is 310 g/mol. The molecule has 1 aromatic rings. The molecule has 21 heavy (non-hydrogen) atoms. The fourth-order valence-electron chi connectivity index (χ4n) is 1.77. The van der Waals surface area contributed by atoms with Crippen molar-refractivity contribution in [1.29, 1.82) is 0 Å². The van der Waals surface area contributed by atoms with Gasteiger partial charge in [-0.25, -0.2) is 8.78 Å². The summed E-state index contributed by atoms with van der Waals surface area (Å²) >= 11 is 0. The van der Waals surface area contributed by atoms with Crippen LogP contribution in [0.5, 0.6) is 0 Å². The highest BCUT2D eigenvalue weighted by Gasteiger charge is 2.34. The second-order valence-electron chi connectivity index (χ2n) is 4.37. The van der Waals surface area contributed by atoms with Crippen LogP contribution < -0.4 is 5.32 Å². The van der Waals surface area contributed by atoms with Crippen molar-refractivity contribution >= 4 is 11.6 Å². The molecule has 8 heteroatoms. The Labute approximate surface area is 118 Å². The van der Waals surface area contributed by atoms with Crippen LogP contribution in [0, 0.1) is 0 Å². The maximum Gasteiger partial charge on any atom is 0.418 e. The number of nitrogens with zero attached hydrogens (tertiary/aromatic N) is 1. The van der Waals surface area contributed by atoms with Crippen molar-refractivity contribution in [2.45, 2.75) is 19.5 Å². The Morgan fingerprint density at radius 3 is 2.43 bits per heavy atom. The number of hydrogen-bond donors (Lipinski definition) is 1. The van der Waals surface area contributed by atoms with E-state index in [0.29, 0.717) is 11.0 Å². The summed E-state index contributed by atoms with van der Waals surface area (Å²) in [5, 5.41) is 2.55. The molecular weight excluding hydrogens is 295 g/mol. The van der Waals surface area contributed by atoms with Gasteiger partial charge in [-0.2, -0.15) is 13.2 Å². The van der Waals surface area contributed by atoms with Crippen LogP contribution in [0.3, 0.4) is 0 Å². The molecule has 1 aromatic carbocycles. The van der Waals surface area contributed by atoms with Gasteiger partial charge in [0.05, 0.1) is 12.1 Å². The molecule has 0 atom stereocenters. The van der Waals surface area contributed by atoms with Gasteiger partial charge >= 0.3 is 6.18 Å². The number of halogens is 5. The van der Waals surface area contributed by atoms with Crippen molar-refractivity contribution in [2.24, 2.45) is 0 Å². The summed E-state index contributed by atoms with van der Waals surface area (Å²) in [5.74, 6) is -0.885. The molecule has 0 saturated heterocycles. The molecule has 0 heterocycles. The van der Waals surface area contributed by atoms with Gasteiger partial charge in [-0.15, -0.1) is 0 Å². The summed E-state index contributed by atoms with van der Waals surface area (Å²) in [5.41, 5.74) is -1.44. The molecule has 1 amide bonds. The van der Waals surface area contributed by atoms with Gasteiger partial charge in [0.25, 0.3) is 12.3 Å². The first-order valence-corrected chi connectivity index (χ1v) is 6.15. The van der Waals surface area contributed by atoms with E-state index in [9.17, 15) is 26.7 Å². The van der Waals surface area contributed by atoms with E-state index in [-0.39, 0.29) is 17.8 Å². The Hall–Kier alpha value is -1.86. The average Bonchev–Trinajstić information content (AvgIpc) is 2.36. The summed E-state index contributed by atoms with van der Waals surface area (Å²) in [6.07, 6.45) is -7.39. The SMILES string of the molecule is CCNc1ccc(C(=O)N(C)CC(F)F)cc1C(F)(F)F. The van der Waals surface area contributed by atoms with Gasteiger partial charge in [0.1, 0.15) is 0 Å². The average molecular weight is 310 g/mol. The molecule has 3 nitrogen and oxygen atoms in total. The smallest absolute Gasteiger partial charge is 0.385 e. The topological polar surface area (TPSA) is 32.3 Å². The van der Waals surface area contributed by atoms with Gasteiger partial charge in [-0.05, 0) is 25.1 Å². The van der Waals surface area contributed by atoms with Crippen LogP contribution in [0.4, 0.5) is 27.6 Å². The van der Waals surface area contributed by atoms with Crippen LogP contribution in [-0.2, 0) is 6.18 Å². The van der Waals surface area contributed by atoms with Crippen LogP contribution in [-0.4, -0.2) is 37.4 Å². The summed E-state index contributed by atoms with van der Waals surface area (Å²) in [7, 11) is 1.11. The summed E-state index contributed by atoms with van der Waals surface area (Å²) in [4.78, 5) is 12.5. The number of benzene rings is 1. The molecule has 0 saturated carbocycles. The van der Waals surface area contributed by atoms with Crippen molar-refractivity contribution in [3.8, 4) is 0 Å². The van der Waals surface area contributed by atoms with E-state index < -0.39 is 30.6 Å². The van der Waals surface area contributed by atoms with E-state index in [4.69, 9.17) is 0 Å². The van der Waals surface area contributed by atoms with Crippen LogP contribution in [0.1, 0.15) is 22.8 Å². The van der Waals surface area contributed by atoms with Gasteiger partial charge in [-0.1, -0.05) is 0 Å². The normalized spacial score (nSPS) is 11.6. The molecule has 0 aliphatic carbocycles. The van der Waals surface area contributed by atoms with E-state index in [2.05, 4.69) is 5.32 Å². The number of anilines is 1. The third-order valence-corrected chi connectivity index (χ3v) is 2.70. The fourth-order valence-corrected chi connectivity index (χ4v) is 1.77. The lowest BCUT2D eigenvalue weighted by molar-refractivity contribution is -0.137. The first-order valence-electron chi connectivity index (χ1n) is 6.15. The van der Waals surface area contributed by atoms with Gasteiger partial charge < -0.3 is 10.2 Å². The zero-order valence-electron chi connectivity index (χ0n) is 11.5. The van der Waals surface area contributed by atoms with Gasteiger partial charge in [0, 0.05) is 24.8 Å². The van der Waals surface area contributed by atoms with Crippen molar-refractivity contribution in [3.63, 3.8) is 0 Å². The zero-order valence-corrected chi connectivity index (χ0v) is 11.5. The van der Waals surface area contributed by atoms with Gasteiger partial charge in [0.2, 0.25) is 0 Å². The number of amides is 1. The van der Waals surface area contributed by atoms with E-state index in [1.54, 1.807) is 6.92 Å². The van der Waals surface area contributed by atoms with Crippen molar-refractivity contribution < 1.29 is 26.7 Å². The predicted molar refractivity (Wildman–Crippen MR) is 68.6 cm³/mol. The highest BCUT2D eigenvalue weighted by molar-refractivity contribution is 5.94. The summed E-state index contributed by atoms with van der Waals surface area (Å²) in [6.45, 7) is 1.08. The molecule has 0 aliphatic rings. The minimum atomic E-state index is -4.64. The Balaban J connectivity index is 3.13. The van der Waals surface area contributed by atoms with Gasteiger partial charge in [-0.3, -0.25) is 4.79 Å². The fraction of sp³-hybridized carbons (Fsp3) is 0.462. The lowest BCUT2D eigenvalue weighted by atomic mass is 10.1. The minimum Gasteiger partial charge on any atom is -0.385 e. The third kappa shape index (κ3) is 4.57. The van der Waals surface area contributed by atoms with E-state index >= 15 is 0 Å². The van der Waals surface area contributed by atoms with E-state index in [0.717, 1.165) is 13.1 Å². The lowest BCUT2D eigenvalue weighted by Gasteiger charge is -2.19. The molecule has 0 unspecified atom stereocenters. The molecule has 0 aliphatic heterocycles. The van der Waals surface area contributed by atoms with E-state index in [1.807, 2.05) is 0 Å². The molecule has 0 aromatic heterocycles. The Kier molecular flexibility index (Phi) is 5.51. The second kappa shape index (κ2) is 6.73. The van der Waals surface area contributed by atoms with E-state index in [1.165, 1.54) is 6.07 Å². The predicted octanol–water partition coefficient (Wildman–Crippen LogP) is 3.47. The largest absolute Gasteiger partial charge is 0.418 e. The summed E-state index contributed by atoms with van der Waals surface area (Å²) < 4.78 is 63.2. The highest BCUT2D eigenvalue weighted by Crippen LogP contribution is 2.35. The number of hydrogen-bond acceptors (Lipinski definition) is 2. The van der Waals surface area contributed by atoms with Crippen LogP contribution >= 0.6 is 0 Å². The first-order chi connectivity index (χ1) is 9.66. The highest BCUT2D eigenvalue weighted by atomic mass is 19.4. The molecular formula is C13H15F5N2O. The quantitative estimate of drug-likeness (QED) is 0.845. The third-order valence-electron chi connectivity index (χ3n) is 2.70. The minimum absolute atomic E-state index is 0.155. The van der Waals surface area contributed by atoms with Crippen molar-refractivity contribution in [2.75, 3.05) is 25.5 Å². The molecule has 118 valence electrons. The van der Waals surface area contributed by atoms with Crippen LogP contribution in [0.15, 0.2) is 18.2 Å². The Morgan fingerprint density at radius 1 is 1.33 bits per heavy atom. The number of carbonyl (C=O) groups excluding carboxylic acids is 1. The Bertz CT molecular complexity index is 502. The molecule has 0 spiro atoms. The maximum absolute atomic E-state index is 12.9. The molecule has 0 bridgehead atoms. The second-order valence-corrected chi connectivity index (χ2v) is 4.37. The number of nitrogens with one attached hydrogen (secondary N) is 1. The van der Waals surface area contributed by atoms with Crippen LogP contribution in [0.2, 0.25) is 0 Å².